The molecule has 0 bridgehead atoms. The van der Waals surface area contributed by atoms with Gasteiger partial charge in [0.2, 0.25) is 5.91 Å². The third-order valence-electron chi connectivity index (χ3n) is 6.96. The van der Waals surface area contributed by atoms with Gasteiger partial charge in [-0.15, -0.1) is 10.2 Å². The number of hydrogen-bond donors (Lipinski definition) is 2. The molecule has 0 aliphatic carbocycles. The lowest BCUT2D eigenvalue weighted by Crippen LogP contribution is -2.16. The molecule has 2 heterocycles. The summed E-state index contributed by atoms with van der Waals surface area (Å²) in [5.74, 6) is 1.77. The van der Waals surface area contributed by atoms with Crippen LogP contribution in [0.2, 0.25) is 0 Å². The summed E-state index contributed by atoms with van der Waals surface area (Å²) in [5.41, 5.74) is 4.03. The van der Waals surface area contributed by atoms with E-state index in [9.17, 15) is 13.2 Å². The number of benzene rings is 3. The zero-order valence-electron chi connectivity index (χ0n) is 26.4. The quantitative estimate of drug-likeness (QED) is 0.169. The highest BCUT2D eigenvalue weighted by atomic mass is 32.2. The first kappa shape index (κ1) is 32.6. The molecule has 1 amide bonds. The Bertz CT molecular complexity index is 1930. The first-order valence-electron chi connectivity index (χ1n) is 14.4. The van der Waals surface area contributed by atoms with Crippen LogP contribution in [0.15, 0.2) is 88.9 Å². The maximum Gasteiger partial charge on any atom is 0.263 e. The highest BCUT2D eigenvalue weighted by Gasteiger charge is 2.20. The van der Waals surface area contributed by atoms with Gasteiger partial charge in [-0.3, -0.25) is 14.1 Å². The molecule has 2 N–H and O–H groups in total. The molecule has 0 unspecified atom stereocenters. The largest absolute Gasteiger partial charge is 0.497 e. The number of carbonyl (C=O) groups is 1. The minimum absolute atomic E-state index is 0.0119. The van der Waals surface area contributed by atoms with Gasteiger partial charge in [-0.1, -0.05) is 56.8 Å². The molecule has 5 rings (SSSR count). The van der Waals surface area contributed by atoms with Gasteiger partial charge in [0.1, 0.15) is 17.4 Å². The van der Waals surface area contributed by atoms with E-state index in [4.69, 9.17) is 4.74 Å². The molecular formula is C33H35N7O4S2. The second-order valence-electron chi connectivity index (χ2n) is 11.6. The molecule has 46 heavy (non-hydrogen) atoms. The van der Waals surface area contributed by atoms with Gasteiger partial charge in [0, 0.05) is 28.7 Å². The number of amides is 1. The predicted molar refractivity (Wildman–Crippen MR) is 180 cm³/mol. The van der Waals surface area contributed by atoms with Crippen molar-refractivity contribution in [2.75, 3.05) is 22.9 Å². The zero-order valence-corrected chi connectivity index (χ0v) is 28.0. The van der Waals surface area contributed by atoms with Crippen molar-refractivity contribution in [3.8, 4) is 22.8 Å². The van der Waals surface area contributed by atoms with E-state index >= 15 is 0 Å². The van der Waals surface area contributed by atoms with E-state index in [0.717, 1.165) is 17.0 Å². The summed E-state index contributed by atoms with van der Waals surface area (Å²) in [5, 5.41) is 12.3. The van der Waals surface area contributed by atoms with Gasteiger partial charge < -0.3 is 10.1 Å². The van der Waals surface area contributed by atoms with Crippen molar-refractivity contribution >= 4 is 39.2 Å². The van der Waals surface area contributed by atoms with Crippen LogP contribution >= 0.6 is 11.8 Å². The van der Waals surface area contributed by atoms with E-state index in [0.29, 0.717) is 28.2 Å². The number of ether oxygens (including phenoxy) is 1. The smallest absolute Gasteiger partial charge is 0.263 e. The molecule has 0 spiro atoms. The van der Waals surface area contributed by atoms with Crippen LogP contribution in [0.3, 0.4) is 0 Å². The highest BCUT2D eigenvalue weighted by molar-refractivity contribution is 7.99. The molecule has 0 aliphatic rings. The fraction of sp³-hybridized carbons (Fsp3) is 0.242. The molecule has 13 heteroatoms. The Morgan fingerprint density at radius 2 is 1.59 bits per heavy atom. The molecule has 0 saturated carbocycles. The van der Waals surface area contributed by atoms with E-state index in [1.165, 1.54) is 41.6 Å². The number of aryl methyl sites for hydroxylation is 2. The van der Waals surface area contributed by atoms with Gasteiger partial charge in [0.05, 0.1) is 17.8 Å². The van der Waals surface area contributed by atoms with Gasteiger partial charge in [-0.25, -0.2) is 18.4 Å². The summed E-state index contributed by atoms with van der Waals surface area (Å²) in [6.07, 6.45) is 0. The maximum absolute atomic E-state index is 13.0. The monoisotopic (exact) mass is 657 g/mol. The van der Waals surface area contributed by atoms with Gasteiger partial charge in [0.25, 0.3) is 10.0 Å². The average Bonchev–Trinajstić information content (AvgIpc) is 3.43. The average molecular weight is 658 g/mol. The Hall–Kier alpha value is -4.75. The Balaban J connectivity index is 1.30. The molecule has 2 aromatic heterocycles. The number of aromatic nitrogens is 5. The topological polar surface area (TPSA) is 141 Å². The summed E-state index contributed by atoms with van der Waals surface area (Å²) >= 11 is 1.24. The van der Waals surface area contributed by atoms with Crippen LogP contribution in [0.5, 0.6) is 5.75 Å². The second-order valence-corrected chi connectivity index (χ2v) is 14.2. The number of sulfonamides is 1. The maximum atomic E-state index is 13.0. The summed E-state index contributed by atoms with van der Waals surface area (Å²) in [6.45, 7) is 9.94. The molecule has 5 aromatic rings. The number of hydrogen-bond acceptors (Lipinski definition) is 9. The molecule has 0 aliphatic heterocycles. The van der Waals surface area contributed by atoms with E-state index in [2.05, 4.69) is 63.1 Å². The van der Waals surface area contributed by atoms with Crippen molar-refractivity contribution in [1.82, 2.24) is 24.7 Å². The molecule has 0 saturated heterocycles. The lowest BCUT2D eigenvalue weighted by Gasteiger charge is -2.19. The van der Waals surface area contributed by atoms with Crippen molar-refractivity contribution in [3.63, 3.8) is 0 Å². The van der Waals surface area contributed by atoms with Crippen LogP contribution < -0.4 is 14.8 Å². The number of nitrogens with zero attached hydrogens (tertiary/aromatic N) is 5. The normalized spacial score (nSPS) is 11.7. The van der Waals surface area contributed by atoms with Crippen LogP contribution in [0, 0.1) is 13.8 Å². The lowest BCUT2D eigenvalue weighted by molar-refractivity contribution is -0.113. The number of carbonyl (C=O) groups excluding carboxylic acids is 1. The van der Waals surface area contributed by atoms with Gasteiger partial charge in [-0.05, 0) is 73.4 Å². The Morgan fingerprint density at radius 1 is 0.913 bits per heavy atom. The van der Waals surface area contributed by atoms with E-state index in [1.54, 1.807) is 27.0 Å². The first-order valence-corrected chi connectivity index (χ1v) is 16.9. The predicted octanol–water partition coefficient (Wildman–Crippen LogP) is 6.18. The van der Waals surface area contributed by atoms with Gasteiger partial charge in [0.15, 0.2) is 11.0 Å². The molecule has 3 aromatic carbocycles. The third-order valence-corrected chi connectivity index (χ3v) is 9.26. The summed E-state index contributed by atoms with van der Waals surface area (Å²) in [7, 11) is -2.28. The third kappa shape index (κ3) is 7.72. The van der Waals surface area contributed by atoms with Crippen LogP contribution in [-0.4, -0.2) is 51.9 Å². The van der Waals surface area contributed by atoms with Crippen molar-refractivity contribution in [2.45, 2.75) is 50.1 Å². The van der Waals surface area contributed by atoms with Crippen LogP contribution in [0.1, 0.15) is 37.9 Å². The van der Waals surface area contributed by atoms with E-state index < -0.39 is 10.0 Å². The van der Waals surface area contributed by atoms with Crippen LogP contribution in [0.4, 0.5) is 11.5 Å². The fourth-order valence-electron chi connectivity index (χ4n) is 4.64. The summed E-state index contributed by atoms with van der Waals surface area (Å²) < 4.78 is 35.5. The molecule has 11 nitrogen and oxygen atoms in total. The molecular weight excluding hydrogens is 623 g/mol. The Kier molecular flexibility index (Phi) is 9.44. The summed E-state index contributed by atoms with van der Waals surface area (Å²) in [4.78, 5) is 21.3. The van der Waals surface area contributed by atoms with E-state index in [-0.39, 0.29) is 27.8 Å². The van der Waals surface area contributed by atoms with Crippen molar-refractivity contribution in [3.05, 3.63) is 95.9 Å². The Labute approximate surface area is 272 Å². The number of methoxy groups -OCH3 is 1. The van der Waals surface area contributed by atoms with E-state index in [1.807, 2.05) is 41.0 Å². The van der Waals surface area contributed by atoms with Crippen molar-refractivity contribution < 1.29 is 17.9 Å². The fourth-order valence-corrected chi connectivity index (χ4v) is 6.39. The minimum Gasteiger partial charge on any atom is -0.497 e. The SMILES string of the molecule is COc1ccc(-n2c(SCC(=O)Nc3ccc(S(=O)(=O)Nc4cc(C)nc(C)n4)cc3)nnc2-c2ccc(C(C)(C)C)cc2)cc1. The number of rotatable bonds is 10. The lowest BCUT2D eigenvalue weighted by atomic mass is 9.87. The van der Waals surface area contributed by atoms with Crippen LogP contribution in [-0.2, 0) is 20.2 Å². The zero-order chi connectivity index (χ0) is 33.1. The standard InChI is InChI=1S/C33H35N7O4S2/c1-21-19-29(35-22(2)34-21)39-46(42,43)28-17-11-25(12-18-28)36-30(41)20-45-32-38-37-31(23-7-9-24(10-8-23)33(3,4)5)40(32)26-13-15-27(44-6)16-14-26/h7-19H,20H2,1-6H3,(H,36,41)(H,34,35,39). The first-order chi connectivity index (χ1) is 21.8. The number of thioether (sulfide) groups is 1. The minimum atomic E-state index is -3.89. The molecule has 238 valence electrons. The molecule has 0 radical (unpaired) electrons. The molecule has 0 atom stereocenters. The second kappa shape index (κ2) is 13.3. The Morgan fingerprint density at radius 3 is 2.20 bits per heavy atom. The number of nitrogens with one attached hydrogen (secondary N) is 2. The van der Waals surface area contributed by atoms with Gasteiger partial charge in [-0.2, -0.15) is 0 Å². The van der Waals surface area contributed by atoms with Crippen molar-refractivity contribution in [1.29, 1.82) is 0 Å². The van der Waals surface area contributed by atoms with Gasteiger partial charge >= 0.3 is 0 Å². The van der Waals surface area contributed by atoms with Crippen LogP contribution in [0.25, 0.3) is 17.1 Å². The number of anilines is 2. The molecule has 0 fully saturated rings. The summed E-state index contributed by atoms with van der Waals surface area (Å²) in [6, 6.07) is 23.2. The highest BCUT2D eigenvalue weighted by Crippen LogP contribution is 2.31. The van der Waals surface area contributed by atoms with Crippen molar-refractivity contribution in [2.24, 2.45) is 0 Å².